The molecular formula is C10H14O2. The van der Waals surface area contributed by atoms with E-state index in [4.69, 9.17) is 0 Å². The summed E-state index contributed by atoms with van der Waals surface area (Å²) in [6.07, 6.45) is 1.20. The van der Waals surface area contributed by atoms with E-state index < -0.39 is 0 Å². The summed E-state index contributed by atoms with van der Waals surface area (Å²) in [7, 11) is 0. The van der Waals surface area contributed by atoms with Gasteiger partial charge in [-0.3, -0.25) is 9.59 Å². The van der Waals surface area contributed by atoms with Crippen molar-refractivity contribution < 1.29 is 9.59 Å². The summed E-state index contributed by atoms with van der Waals surface area (Å²) < 4.78 is 0. The van der Waals surface area contributed by atoms with Crippen molar-refractivity contribution in [3.05, 3.63) is 12.2 Å². The highest BCUT2D eigenvalue weighted by molar-refractivity contribution is 6.03. The molecule has 0 spiro atoms. The van der Waals surface area contributed by atoms with Crippen LogP contribution in [0.5, 0.6) is 0 Å². The van der Waals surface area contributed by atoms with E-state index in [1.165, 1.54) is 6.92 Å². The fourth-order valence-electron chi connectivity index (χ4n) is 1.65. The lowest BCUT2D eigenvalue weighted by molar-refractivity contribution is -0.129. The van der Waals surface area contributed by atoms with Gasteiger partial charge in [-0.05, 0) is 26.2 Å². The molecule has 0 amide bonds. The standard InChI is InChI=1S/C10H14O2/c1-6(2)8-4-9(7(3)11)10(12)5-8/h8-9H,1,4-5H2,2-3H3/t8-,9?/m1/s1. The van der Waals surface area contributed by atoms with Gasteiger partial charge in [0.1, 0.15) is 11.6 Å². The van der Waals surface area contributed by atoms with Crippen LogP contribution in [0.1, 0.15) is 26.7 Å². The van der Waals surface area contributed by atoms with Crippen LogP contribution in [0.2, 0.25) is 0 Å². The van der Waals surface area contributed by atoms with Gasteiger partial charge in [0.2, 0.25) is 0 Å². The molecule has 2 heteroatoms. The molecule has 1 aliphatic rings. The van der Waals surface area contributed by atoms with Crippen LogP contribution in [-0.2, 0) is 9.59 Å². The normalized spacial score (nSPS) is 29.0. The maximum atomic E-state index is 11.3. The summed E-state index contributed by atoms with van der Waals surface area (Å²) >= 11 is 0. The highest BCUT2D eigenvalue weighted by Crippen LogP contribution is 2.32. The molecule has 0 bridgehead atoms. The Bertz CT molecular complexity index is 240. The van der Waals surface area contributed by atoms with E-state index in [1.807, 2.05) is 6.92 Å². The summed E-state index contributed by atoms with van der Waals surface area (Å²) in [6.45, 7) is 7.21. The first-order valence-electron chi connectivity index (χ1n) is 4.21. The quantitative estimate of drug-likeness (QED) is 0.462. The van der Waals surface area contributed by atoms with Crippen LogP contribution in [0.4, 0.5) is 0 Å². The summed E-state index contributed by atoms with van der Waals surface area (Å²) in [6, 6.07) is 0. The zero-order valence-electron chi connectivity index (χ0n) is 7.59. The molecule has 0 aliphatic heterocycles. The van der Waals surface area contributed by atoms with Crippen molar-refractivity contribution in [2.75, 3.05) is 0 Å². The van der Waals surface area contributed by atoms with E-state index >= 15 is 0 Å². The van der Waals surface area contributed by atoms with Crippen molar-refractivity contribution in [2.45, 2.75) is 26.7 Å². The minimum Gasteiger partial charge on any atom is -0.299 e. The molecule has 12 heavy (non-hydrogen) atoms. The molecular weight excluding hydrogens is 152 g/mol. The third-order valence-electron chi connectivity index (χ3n) is 2.54. The molecule has 66 valence electrons. The fraction of sp³-hybridized carbons (Fsp3) is 0.600. The lowest BCUT2D eigenvalue weighted by atomic mass is 9.97. The predicted molar refractivity (Wildman–Crippen MR) is 46.7 cm³/mol. The smallest absolute Gasteiger partial charge is 0.143 e. The Morgan fingerprint density at radius 1 is 1.50 bits per heavy atom. The molecule has 0 aromatic carbocycles. The Morgan fingerprint density at radius 3 is 2.33 bits per heavy atom. The van der Waals surface area contributed by atoms with Crippen molar-refractivity contribution in [1.29, 1.82) is 0 Å². The monoisotopic (exact) mass is 166 g/mol. The third kappa shape index (κ3) is 1.63. The third-order valence-corrected chi connectivity index (χ3v) is 2.54. The fourth-order valence-corrected chi connectivity index (χ4v) is 1.65. The van der Waals surface area contributed by atoms with Gasteiger partial charge in [0.05, 0.1) is 5.92 Å². The number of carbonyl (C=O) groups excluding carboxylic acids is 2. The molecule has 0 radical (unpaired) electrons. The number of ketones is 2. The molecule has 0 saturated heterocycles. The second kappa shape index (κ2) is 3.21. The molecule has 0 aromatic heterocycles. The first kappa shape index (κ1) is 9.17. The van der Waals surface area contributed by atoms with E-state index in [0.717, 1.165) is 5.57 Å². The number of hydrogen-bond donors (Lipinski definition) is 0. The SMILES string of the molecule is C=C(C)[C@H]1CC(=O)C(C(C)=O)C1. The number of Topliss-reactive ketones (excluding diaryl/α,β-unsaturated/α-hetero) is 2. The van der Waals surface area contributed by atoms with E-state index in [9.17, 15) is 9.59 Å². The summed E-state index contributed by atoms with van der Waals surface area (Å²) in [5.41, 5.74) is 1.02. The molecule has 0 aromatic rings. The highest BCUT2D eigenvalue weighted by Gasteiger charge is 2.35. The van der Waals surface area contributed by atoms with Gasteiger partial charge < -0.3 is 0 Å². The van der Waals surface area contributed by atoms with Gasteiger partial charge in [0, 0.05) is 6.42 Å². The maximum absolute atomic E-state index is 11.3. The highest BCUT2D eigenvalue weighted by atomic mass is 16.1. The van der Waals surface area contributed by atoms with E-state index in [2.05, 4.69) is 6.58 Å². The Hall–Kier alpha value is -0.920. The largest absolute Gasteiger partial charge is 0.299 e. The molecule has 2 atom stereocenters. The summed E-state index contributed by atoms with van der Waals surface area (Å²) in [5.74, 6) is -0.00245. The van der Waals surface area contributed by atoms with E-state index in [1.54, 1.807) is 0 Å². The zero-order valence-corrected chi connectivity index (χ0v) is 7.59. The molecule has 1 rings (SSSR count). The number of carbonyl (C=O) groups is 2. The topological polar surface area (TPSA) is 34.1 Å². The summed E-state index contributed by atoms with van der Waals surface area (Å²) in [5, 5.41) is 0. The van der Waals surface area contributed by atoms with Crippen LogP contribution in [0.25, 0.3) is 0 Å². The summed E-state index contributed by atoms with van der Waals surface area (Å²) in [4.78, 5) is 22.2. The number of hydrogen-bond acceptors (Lipinski definition) is 2. The van der Waals surface area contributed by atoms with Gasteiger partial charge in [-0.2, -0.15) is 0 Å². The lowest BCUT2D eigenvalue weighted by Gasteiger charge is -2.06. The van der Waals surface area contributed by atoms with Crippen molar-refractivity contribution in [3.8, 4) is 0 Å². The van der Waals surface area contributed by atoms with Crippen LogP contribution < -0.4 is 0 Å². The molecule has 1 unspecified atom stereocenters. The van der Waals surface area contributed by atoms with Gasteiger partial charge in [0.25, 0.3) is 0 Å². The van der Waals surface area contributed by atoms with Crippen LogP contribution in [-0.4, -0.2) is 11.6 Å². The van der Waals surface area contributed by atoms with Gasteiger partial charge in [0.15, 0.2) is 0 Å². The minimum atomic E-state index is -0.341. The lowest BCUT2D eigenvalue weighted by Crippen LogP contribution is -2.14. The minimum absolute atomic E-state index is 0.00347. The van der Waals surface area contributed by atoms with Crippen LogP contribution in [0.15, 0.2) is 12.2 Å². The Morgan fingerprint density at radius 2 is 2.08 bits per heavy atom. The first-order valence-corrected chi connectivity index (χ1v) is 4.21. The second-order valence-corrected chi connectivity index (χ2v) is 3.61. The van der Waals surface area contributed by atoms with E-state index in [-0.39, 0.29) is 23.4 Å². The van der Waals surface area contributed by atoms with Gasteiger partial charge in [-0.1, -0.05) is 12.2 Å². The predicted octanol–water partition coefficient (Wildman–Crippen LogP) is 1.75. The Kier molecular flexibility index (Phi) is 2.46. The van der Waals surface area contributed by atoms with Gasteiger partial charge in [-0.25, -0.2) is 0 Å². The van der Waals surface area contributed by atoms with E-state index in [0.29, 0.717) is 12.8 Å². The molecule has 0 heterocycles. The van der Waals surface area contributed by atoms with Gasteiger partial charge in [-0.15, -0.1) is 0 Å². The first-order chi connectivity index (χ1) is 5.52. The molecule has 1 fully saturated rings. The molecule has 0 N–H and O–H groups in total. The van der Waals surface area contributed by atoms with Crippen molar-refractivity contribution in [2.24, 2.45) is 11.8 Å². The van der Waals surface area contributed by atoms with Gasteiger partial charge >= 0.3 is 0 Å². The van der Waals surface area contributed by atoms with Crippen molar-refractivity contribution in [1.82, 2.24) is 0 Å². The number of allylic oxidation sites excluding steroid dienone is 1. The average Bonchev–Trinajstić information content (AvgIpc) is 2.30. The molecule has 1 aliphatic carbocycles. The Balaban J connectivity index is 2.68. The zero-order chi connectivity index (χ0) is 9.30. The second-order valence-electron chi connectivity index (χ2n) is 3.61. The van der Waals surface area contributed by atoms with Crippen molar-refractivity contribution in [3.63, 3.8) is 0 Å². The average molecular weight is 166 g/mol. The maximum Gasteiger partial charge on any atom is 0.143 e. The van der Waals surface area contributed by atoms with Crippen LogP contribution in [0, 0.1) is 11.8 Å². The van der Waals surface area contributed by atoms with Crippen molar-refractivity contribution >= 4 is 11.6 Å². The van der Waals surface area contributed by atoms with Crippen LogP contribution >= 0.6 is 0 Å². The molecule has 1 saturated carbocycles. The van der Waals surface area contributed by atoms with Crippen LogP contribution in [0.3, 0.4) is 0 Å². The number of rotatable bonds is 2. The molecule has 2 nitrogen and oxygen atoms in total. The Labute approximate surface area is 72.7 Å².